The minimum Gasteiger partial charge on any atom is -0.479 e. The van der Waals surface area contributed by atoms with E-state index in [0.29, 0.717) is 22.1 Å². The van der Waals surface area contributed by atoms with Crippen molar-refractivity contribution in [1.29, 1.82) is 0 Å². The van der Waals surface area contributed by atoms with Crippen molar-refractivity contribution in [1.82, 2.24) is 0 Å². The molecule has 0 aliphatic heterocycles. The minimum atomic E-state index is -3.34. The topological polar surface area (TPSA) is 84.5 Å². The van der Waals surface area contributed by atoms with Crippen LogP contribution in [0.2, 0.25) is 10.0 Å². The monoisotopic (exact) mass is 416 g/mol. The highest BCUT2D eigenvalue weighted by molar-refractivity contribution is 7.92. The molecule has 2 aromatic rings. The molecule has 0 heterocycles. The van der Waals surface area contributed by atoms with Gasteiger partial charge in [0.15, 0.2) is 6.10 Å². The van der Waals surface area contributed by atoms with Crippen LogP contribution in [0, 0.1) is 0 Å². The quantitative estimate of drug-likeness (QED) is 0.709. The van der Waals surface area contributed by atoms with Gasteiger partial charge in [-0.15, -0.1) is 0 Å². The van der Waals surface area contributed by atoms with Crippen LogP contribution in [0.1, 0.15) is 13.8 Å². The third-order valence-electron chi connectivity index (χ3n) is 3.39. The van der Waals surface area contributed by atoms with Crippen LogP contribution < -0.4 is 14.8 Å². The van der Waals surface area contributed by atoms with E-state index in [0.717, 1.165) is 0 Å². The molecule has 0 aliphatic rings. The van der Waals surface area contributed by atoms with E-state index in [1.54, 1.807) is 56.3 Å². The van der Waals surface area contributed by atoms with E-state index in [2.05, 4.69) is 10.0 Å². The molecule has 0 radical (unpaired) electrons. The first-order chi connectivity index (χ1) is 12.2. The molecule has 2 rings (SSSR count). The lowest BCUT2D eigenvalue weighted by Gasteiger charge is -2.16. The van der Waals surface area contributed by atoms with Crippen LogP contribution in [0.15, 0.2) is 42.5 Å². The maximum atomic E-state index is 12.2. The molecule has 9 heteroatoms. The summed E-state index contributed by atoms with van der Waals surface area (Å²) in [7, 11) is -3.34. The highest BCUT2D eigenvalue weighted by Crippen LogP contribution is 2.32. The third-order valence-corrected chi connectivity index (χ3v) is 5.50. The molecule has 1 amide bonds. The molecule has 0 spiro atoms. The van der Waals surface area contributed by atoms with Crippen LogP contribution in [-0.2, 0) is 14.8 Å². The summed E-state index contributed by atoms with van der Waals surface area (Å²) in [5, 5.41) is 3.26. The molecular weight excluding hydrogens is 399 g/mol. The number of halogens is 2. The zero-order valence-corrected chi connectivity index (χ0v) is 16.5. The van der Waals surface area contributed by atoms with Crippen molar-refractivity contribution in [2.75, 3.05) is 15.8 Å². The fraction of sp³-hybridized carbons (Fsp3) is 0.235. The van der Waals surface area contributed by atoms with Crippen molar-refractivity contribution in [3.63, 3.8) is 0 Å². The lowest BCUT2D eigenvalue weighted by Crippen LogP contribution is -2.30. The van der Waals surface area contributed by atoms with Crippen LogP contribution in [0.25, 0.3) is 0 Å². The van der Waals surface area contributed by atoms with Crippen molar-refractivity contribution in [2.45, 2.75) is 20.0 Å². The molecule has 26 heavy (non-hydrogen) atoms. The summed E-state index contributed by atoms with van der Waals surface area (Å²) < 4.78 is 31.0. The summed E-state index contributed by atoms with van der Waals surface area (Å²) in [6, 6.07) is 11.2. The Bertz CT molecular complexity index is 886. The predicted molar refractivity (Wildman–Crippen MR) is 105 cm³/mol. The third kappa shape index (κ3) is 5.52. The largest absolute Gasteiger partial charge is 0.479 e. The van der Waals surface area contributed by atoms with Gasteiger partial charge >= 0.3 is 0 Å². The molecule has 0 saturated carbocycles. The van der Waals surface area contributed by atoms with Gasteiger partial charge in [0.1, 0.15) is 10.8 Å². The van der Waals surface area contributed by atoms with Gasteiger partial charge in [0.2, 0.25) is 10.0 Å². The summed E-state index contributed by atoms with van der Waals surface area (Å²) in [4.78, 5) is 12.2. The van der Waals surface area contributed by atoms with Crippen LogP contribution >= 0.6 is 23.2 Å². The molecule has 1 atom stereocenters. The number of hydrogen-bond donors (Lipinski definition) is 2. The summed E-state index contributed by atoms with van der Waals surface area (Å²) >= 11 is 12.0. The van der Waals surface area contributed by atoms with Crippen LogP contribution in [0.3, 0.4) is 0 Å². The Morgan fingerprint density at radius 3 is 2.35 bits per heavy atom. The molecule has 0 bridgehead atoms. The van der Waals surface area contributed by atoms with Gasteiger partial charge in [-0.1, -0.05) is 29.3 Å². The average molecular weight is 417 g/mol. The number of benzene rings is 2. The maximum absolute atomic E-state index is 12.2. The molecule has 0 aromatic heterocycles. The summed E-state index contributed by atoms with van der Waals surface area (Å²) in [6.45, 7) is 3.13. The van der Waals surface area contributed by atoms with E-state index in [1.807, 2.05) is 0 Å². The van der Waals surface area contributed by atoms with Gasteiger partial charge in [0.05, 0.1) is 10.8 Å². The van der Waals surface area contributed by atoms with Crippen LogP contribution in [0.5, 0.6) is 5.75 Å². The number of nitrogens with one attached hydrogen (secondary N) is 2. The second-order valence-electron chi connectivity index (χ2n) is 5.38. The van der Waals surface area contributed by atoms with Crippen molar-refractivity contribution >= 4 is 50.5 Å². The fourth-order valence-corrected chi connectivity index (χ4v) is 2.91. The number of anilines is 2. The summed E-state index contributed by atoms with van der Waals surface area (Å²) in [5.74, 6) is -0.0964. The summed E-state index contributed by atoms with van der Waals surface area (Å²) in [6.07, 6.45) is -0.816. The highest BCUT2D eigenvalue weighted by Gasteiger charge is 2.17. The SMILES string of the molecule is CCS(=O)(=O)Nc1ccc(NC(=O)C(C)Oc2cccc(Cl)c2Cl)cc1. The van der Waals surface area contributed by atoms with Crippen molar-refractivity contribution in [2.24, 2.45) is 0 Å². The lowest BCUT2D eigenvalue weighted by atomic mass is 10.2. The number of ether oxygens (including phenoxy) is 1. The molecule has 2 N–H and O–H groups in total. The van der Waals surface area contributed by atoms with Gasteiger partial charge in [-0.2, -0.15) is 0 Å². The molecule has 140 valence electrons. The number of carbonyl (C=O) groups excluding carboxylic acids is 1. The van der Waals surface area contributed by atoms with Crippen molar-refractivity contribution in [3.05, 3.63) is 52.5 Å². The van der Waals surface area contributed by atoms with Gasteiger partial charge in [-0.05, 0) is 50.2 Å². The van der Waals surface area contributed by atoms with Crippen LogP contribution in [0.4, 0.5) is 11.4 Å². The summed E-state index contributed by atoms with van der Waals surface area (Å²) in [5.41, 5.74) is 0.918. The molecular formula is C17H18Cl2N2O4S. The lowest BCUT2D eigenvalue weighted by molar-refractivity contribution is -0.122. The van der Waals surface area contributed by atoms with Gasteiger partial charge in [0, 0.05) is 11.4 Å². The predicted octanol–water partition coefficient (Wildman–Crippen LogP) is 4.16. The van der Waals surface area contributed by atoms with Gasteiger partial charge in [0.25, 0.3) is 5.91 Å². The van der Waals surface area contributed by atoms with E-state index in [4.69, 9.17) is 27.9 Å². The molecule has 6 nitrogen and oxygen atoms in total. The van der Waals surface area contributed by atoms with Crippen LogP contribution in [-0.4, -0.2) is 26.2 Å². The first kappa shape index (κ1) is 20.4. The zero-order chi connectivity index (χ0) is 19.3. The molecule has 0 fully saturated rings. The first-order valence-corrected chi connectivity index (χ1v) is 10.1. The Labute approximate surface area is 162 Å². The van der Waals surface area contributed by atoms with Gasteiger partial charge in [-0.3, -0.25) is 9.52 Å². The first-order valence-electron chi connectivity index (χ1n) is 7.74. The Morgan fingerprint density at radius 2 is 1.73 bits per heavy atom. The number of amides is 1. The Morgan fingerprint density at radius 1 is 1.12 bits per heavy atom. The molecule has 1 unspecified atom stereocenters. The van der Waals surface area contributed by atoms with Crippen molar-refractivity contribution < 1.29 is 17.9 Å². The zero-order valence-electron chi connectivity index (χ0n) is 14.1. The smallest absolute Gasteiger partial charge is 0.265 e. The van der Waals surface area contributed by atoms with Gasteiger partial charge < -0.3 is 10.1 Å². The maximum Gasteiger partial charge on any atom is 0.265 e. The van der Waals surface area contributed by atoms with E-state index in [-0.39, 0.29) is 16.7 Å². The minimum absolute atomic E-state index is 0.0214. The molecule has 2 aromatic carbocycles. The van der Waals surface area contributed by atoms with Gasteiger partial charge in [-0.25, -0.2) is 8.42 Å². The Kier molecular flexibility index (Phi) is 6.75. The molecule has 0 saturated heterocycles. The second kappa shape index (κ2) is 8.62. The average Bonchev–Trinajstić information content (AvgIpc) is 2.60. The second-order valence-corrected chi connectivity index (χ2v) is 8.18. The van der Waals surface area contributed by atoms with E-state index < -0.39 is 16.1 Å². The Balaban J connectivity index is 1.99. The van der Waals surface area contributed by atoms with E-state index in [1.165, 1.54) is 0 Å². The number of rotatable bonds is 7. The van der Waals surface area contributed by atoms with E-state index in [9.17, 15) is 13.2 Å². The normalized spacial score (nSPS) is 12.3. The van der Waals surface area contributed by atoms with Crippen molar-refractivity contribution in [3.8, 4) is 5.75 Å². The number of hydrogen-bond acceptors (Lipinski definition) is 4. The van der Waals surface area contributed by atoms with E-state index >= 15 is 0 Å². The fourth-order valence-electron chi connectivity index (χ4n) is 1.94. The molecule has 0 aliphatic carbocycles. The standard InChI is InChI=1S/C17H18Cl2N2O4S/c1-3-26(23,24)21-13-9-7-12(8-10-13)20-17(22)11(2)25-15-6-4-5-14(18)16(15)19/h4-11,21H,3H2,1-2H3,(H,20,22). The number of sulfonamides is 1. The Hall–Kier alpha value is -1.96. The highest BCUT2D eigenvalue weighted by atomic mass is 35.5. The number of carbonyl (C=O) groups is 1.